The lowest BCUT2D eigenvalue weighted by Gasteiger charge is -2.45. The molecule has 9 heteroatoms. The van der Waals surface area contributed by atoms with Crippen LogP contribution in [0.3, 0.4) is 0 Å². The zero-order chi connectivity index (χ0) is 21.5. The topological polar surface area (TPSA) is 71.3 Å². The highest BCUT2D eigenvalue weighted by atomic mass is 19.4. The molecular weight excluding hydrogens is 397 g/mol. The van der Waals surface area contributed by atoms with Crippen LogP contribution in [-0.2, 0) is 0 Å². The Morgan fingerprint density at radius 2 is 1.90 bits per heavy atom. The minimum absolute atomic E-state index is 0.0962. The van der Waals surface area contributed by atoms with Gasteiger partial charge in [-0.25, -0.2) is 4.79 Å². The number of carbonyl (C=O) groups excluding carboxylic acids is 1. The highest BCUT2D eigenvalue weighted by Crippen LogP contribution is 2.49. The second kappa shape index (κ2) is 8.38. The molecule has 1 aliphatic heterocycles. The molecule has 1 aromatic rings. The summed E-state index contributed by atoms with van der Waals surface area (Å²) in [6, 6.07) is -0.736. The van der Waals surface area contributed by atoms with Crippen molar-refractivity contribution in [2.45, 2.75) is 83.5 Å². The summed E-state index contributed by atoms with van der Waals surface area (Å²) in [5.74, 6) is -0.160. The fourth-order valence-electron chi connectivity index (χ4n) is 5.45. The third kappa shape index (κ3) is 4.44. The lowest BCUT2D eigenvalue weighted by molar-refractivity contribution is -0.206. The number of carbonyl (C=O) groups is 1. The van der Waals surface area contributed by atoms with Gasteiger partial charge in [0, 0.05) is 19.5 Å². The summed E-state index contributed by atoms with van der Waals surface area (Å²) in [6.07, 6.45) is 1.10. The maximum Gasteiger partial charge on any atom is 0.392 e. The van der Waals surface area contributed by atoms with Crippen LogP contribution in [0.25, 0.3) is 0 Å². The third-order valence-electron chi connectivity index (χ3n) is 7.36. The number of halogens is 3. The number of amides is 2. The van der Waals surface area contributed by atoms with Gasteiger partial charge in [-0.2, -0.15) is 13.2 Å². The van der Waals surface area contributed by atoms with E-state index in [1.54, 1.807) is 11.8 Å². The number of nitrogens with one attached hydrogen (secondary N) is 1. The molecule has 1 aromatic heterocycles. The highest BCUT2D eigenvalue weighted by Gasteiger charge is 2.50. The molecule has 0 bridgehead atoms. The van der Waals surface area contributed by atoms with E-state index in [-0.39, 0.29) is 36.4 Å². The monoisotopic (exact) mass is 428 g/mol. The number of nitrogens with zero attached hydrogens (tertiary/aromatic N) is 3. The van der Waals surface area contributed by atoms with Crippen molar-refractivity contribution in [2.24, 2.45) is 23.7 Å². The van der Waals surface area contributed by atoms with Crippen LogP contribution in [0.1, 0.15) is 76.1 Å². The molecule has 0 aromatic carbocycles. The van der Waals surface area contributed by atoms with E-state index in [9.17, 15) is 18.0 Å². The number of rotatable bonds is 3. The van der Waals surface area contributed by atoms with Crippen molar-refractivity contribution in [2.75, 3.05) is 6.54 Å². The van der Waals surface area contributed by atoms with Gasteiger partial charge in [-0.05, 0) is 49.9 Å². The molecule has 2 aliphatic carbocycles. The van der Waals surface area contributed by atoms with Gasteiger partial charge in [0.1, 0.15) is 6.04 Å². The molecule has 1 saturated heterocycles. The molecule has 6 nitrogen and oxygen atoms in total. The van der Waals surface area contributed by atoms with E-state index < -0.39 is 12.1 Å². The Hall–Kier alpha value is -1.80. The van der Waals surface area contributed by atoms with Gasteiger partial charge in [0.05, 0.1) is 5.92 Å². The highest BCUT2D eigenvalue weighted by molar-refractivity contribution is 5.75. The van der Waals surface area contributed by atoms with Crippen LogP contribution >= 0.6 is 0 Å². The van der Waals surface area contributed by atoms with Crippen molar-refractivity contribution < 1.29 is 22.4 Å². The molecule has 3 fully saturated rings. The van der Waals surface area contributed by atoms with E-state index in [2.05, 4.69) is 22.4 Å². The number of alkyl halides is 3. The molecule has 2 heterocycles. The third-order valence-corrected chi connectivity index (χ3v) is 7.36. The van der Waals surface area contributed by atoms with Gasteiger partial charge in [0.15, 0.2) is 0 Å². The SMILES string of the molecule is Cc1nnc(C2C[C@H](C)CCN2C(=O)NC2CCC(C(F)(F)F)C(C3CCC3)C2)o1. The van der Waals surface area contributed by atoms with Gasteiger partial charge in [-0.1, -0.05) is 26.2 Å². The van der Waals surface area contributed by atoms with Gasteiger partial charge in [-0.15, -0.1) is 10.2 Å². The van der Waals surface area contributed by atoms with E-state index in [1.807, 2.05) is 0 Å². The average molecular weight is 428 g/mol. The lowest BCUT2D eigenvalue weighted by atomic mass is 9.64. The van der Waals surface area contributed by atoms with Crippen LogP contribution in [0.5, 0.6) is 0 Å². The number of urea groups is 1. The number of hydrogen-bond acceptors (Lipinski definition) is 4. The Kier molecular flexibility index (Phi) is 5.99. The summed E-state index contributed by atoms with van der Waals surface area (Å²) in [7, 11) is 0. The standard InChI is InChI=1S/C21H31F3N4O2/c1-12-8-9-28(18(10-12)19-27-26-13(2)30-19)20(29)25-15-6-7-17(21(22,23)24)16(11-15)14-4-3-5-14/h12,14-18H,3-11H2,1-2H3,(H,25,29)/t12-,15?,16?,17?,18?/m1/s1. The van der Waals surface area contributed by atoms with E-state index >= 15 is 0 Å². The Balaban J connectivity index is 1.43. The molecule has 30 heavy (non-hydrogen) atoms. The lowest BCUT2D eigenvalue weighted by Crippen LogP contribution is -2.52. The van der Waals surface area contributed by atoms with Crippen LogP contribution in [0.2, 0.25) is 0 Å². The molecule has 1 N–H and O–H groups in total. The molecule has 2 amide bonds. The normalized spacial score (nSPS) is 33.2. The minimum Gasteiger partial charge on any atom is -0.423 e. The molecule has 2 saturated carbocycles. The summed E-state index contributed by atoms with van der Waals surface area (Å²) in [6.45, 7) is 4.42. The molecule has 168 valence electrons. The largest absolute Gasteiger partial charge is 0.423 e. The van der Waals surface area contributed by atoms with Gasteiger partial charge < -0.3 is 14.6 Å². The van der Waals surface area contributed by atoms with Crippen LogP contribution in [0.4, 0.5) is 18.0 Å². The number of aryl methyl sites for hydroxylation is 1. The zero-order valence-corrected chi connectivity index (χ0v) is 17.6. The van der Waals surface area contributed by atoms with Crippen LogP contribution < -0.4 is 5.32 Å². The summed E-state index contributed by atoms with van der Waals surface area (Å²) in [5.41, 5.74) is 0. The van der Waals surface area contributed by atoms with Gasteiger partial charge >= 0.3 is 12.2 Å². The van der Waals surface area contributed by atoms with Gasteiger partial charge in [0.25, 0.3) is 0 Å². The first-order valence-electron chi connectivity index (χ1n) is 11.2. The van der Waals surface area contributed by atoms with Crippen molar-refractivity contribution >= 4 is 6.03 Å². The summed E-state index contributed by atoms with van der Waals surface area (Å²) < 4.78 is 46.2. The van der Waals surface area contributed by atoms with Crippen molar-refractivity contribution in [1.29, 1.82) is 0 Å². The Morgan fingerprint density at radius 3 is 2.50 bits per heavy atom. The number of hydrogen-bond donors (Lipinski definition) is 1. The smallest absolute Gasteiger partial charge is 0.392 e. The Labute approximate surface area is 175 Å². The number of piperidine rings is 1. The molecule has 4 rings (SSSR count). The zero-order valence-electron chi connectivity index (χ0n) is 17.6. The second-order valence-corrected chi connectivity index (χ2v) is 9.46. The summed E-state index contributed by atoms with van der Waals surface area (Å²) in [5, 5.41) is 11.0. The molecule has 0 spiro atoms. The first-order chi connectivity index (χ1) is 14.2. The molecule has 3 aliphatic rings. The maximum absolute atomic E-state index is 13.6. The Morgan fingerprint density at radius 1 is 1.13 bits per heavy atom. The Bertz CT molecular complexity index is 749. The first kappa shape index (κ1) is 21.4. The van der Waals surface area contributed by atoms with Crippen molar-refractivity contribution in [3.8, 4) is 0 Å². The summed E-state index contributed by atoms with van der Waals surface area (Å²) >= 11 is 0. The van der Waals surface area contributed by atoms with Gasteiger partial charge in [0.2, 0.25) is 11.8 Å². The number of likely N-dealkylation sites (tertiary alicyclic amines) is 1. The van der Waals surface area contributed by atoms with E-state index in [4.69, 9.17) is 4.42 Å². The minimum atomic E-state index is -4.15. The fourth-order valence-corrected chi connectivity index (χ4v) is 5.45. The predicted octanol–water partition coefficient (Wildman–Crippen LogP) is 5.01. The van der Waals surface area contributed by atoms with E-state index in [1.165, 1.54) is 0 Å². The molecule has 4 unspecified atom stereocenters. The fraction of sp³-hybridized carbons (Fsp3) is 0.857. The summed E-state index contributed by atoms with van der Waals surface area (Å²) in [4.78, 5) is 14.8. The van der Waals surface area contributed by atoms with Crippen LogP contribution in [-0.4, -0.2) is 39.9 Å². The van der Waals surface area contributed by atoms with Crippen LogP contribution in [0, 0.1) is 30.6 Å². The van der Waals surface area contributed by atoms with Crippen molar-refractivity contribution in [3.05, 3.63) is 11.8 Å². The quantitative estimate of drug-likeness (QED) is 0.735. The number of aromatic nitrogens is 2. The average Bonchev–Trinajstić information content (AvgIpc) is 3.05. The molecule has 0 radical (unpaired) electrons. The van der Waals surface area contributed by atoms with Crippen LogP contribution in [0.15, 0.2) is 4.42 Å². The van der Waals surface area contributed by atoms with Crippen molar-refractivity contribution in [3.63, 3.8) is 0 Å². The van der Waals surface area contributed by atoms with E-state index in [0.717, 1.165) is 32.1 Å². The maximum atomic E-state index is 13.6. The first-order valence-corrected chi connectivity index (χ1v) is 11.2. The second-order valence-electron chi connectivity index (χ2n) is 9.46. The predicted molar refractivity (Wildman–Crippen MR) is 103 cm³/mol. The van der Waals surface area contributed by atoms with Gasteiger partial charge in [-0.3, -0.25) is 0 Å². The molecular formula is C21H31F3N4O2. The van der Waals surface area contributed by atoms with E-state index in [0.29, 0.717) is 37.1 Å². The van der Waals surface area contributed by atoms with Crippen molar-refractivity contribution in [1.82, 2.24) is 20.4 Å². The molecule has 5 atom stereocenters.